The van der Waals surface area contributed by atoms with Crippen LogP contribution in [0.4, 0.5) is 11.4 Å². The fraction of sp³-hybridized carbons (Fsp3) is 0.417. The summed E-state index contributed by atoms with van der Waals surface area (Å²) in [6.07, 6.45) is 2.03. The number of thioether (sulfide) groups is 1. The third-order valence-corrected chi connectivity index (χ3v) is 3.55. The third-order valence-electron chi connectivity index (χ3n) is 2.44. The molecule has 0 aliphatic carbocycles. The van der Waals surface area contributed by atoms with Crippen LogP contribution >= 0.6 is 35.0 Å². The summed E-state index contributed by atoms with van der Waals surface area (Å²) in [4.78, 5) is 13.8. The van der Waals surface area contributed by atoms with Crippen LogP contribution in [0, 0.1) is 0 Å². The molecule has 7 heteroatoms. The summed E-state index contributed by atoms with van der Waals surface area (Å²) in [6, 6.07) is 3.10. The van der Waals surface area contributed by atoms with E-state index in [-0.39, 0.29) is 5.91 Å². The molecule has 0 unspecified atom stereocenters. The van der Waals surface area contributed by atoms with Gasteiger partial charge in [-0.2, -0.15) is 11.8 Å². The van der Waals surface area contributed by atoms with Crippen LogP contribution in [0.2, 0.25) is 10.0 Å². The molecule has 0 radical (unpaired) electrons. The lowest BCUT2D eigenvalue weighted by molar-refractivity contribution is -0.117. The number of likely N-dealkylation sites (N-methyl/N-ethyl adjacent to an activating group) is 1. The summed E-state index contributed by atoms with van der Waals surface area (Å²) in [5.74, 6) is 0.827. The van der Waals surface area contributed by atoms with E-state index in [1.807, 2.05) is 18.2 Å². The number of rotatable bonds is 6. The predicted molar refractivity (Wildman–Crippen MR) is 85.4 cm³/mol. The molecule has 106 valence electrons. The Morgan fingerprint density at radius 2 is 2.16 bits per heavy atom. The molecule has 3 N–H and O–H groups in total. The number of nitrogens with two attached hydrogens (primary N) is 1. The summed E-state index contributed by atoms with van der Waals surface area (Å²) in [5, 5.41) is 3.49. The lowest BCUT2D eigenvalue weighted by Crippen LogP contribution is -2.31. The van der Waals surface area contributed by atoms with Gasteiger partial charge >= 0.3 is 0 Å². The Morgan fingerprint density at radius 3 is 2.74 bits per heavy atom. The van der Waals surface area contributed by atoms with Gasteiger partial charge in [0.1, 0.15) is 0 Å². The molecule has 0 spiro atoms. The number of halogens is 2. The number of nitrogen functional groups attached to an aromatic ring is 1. The smallest absolute Gasteiger partial charge is 0.238 e. The van der Waals surface area contributed by atoms with Crippen molar-refractivity contribution in [1.82, 2.24) is 4.90 Å². The Balaban J connectivity index is 2.62. The van der Waals surface area contributed by atoms with E-state index in [9.17, 15) is 4.79 Å². The SMILES string of the molecule is CSCCN(C)CC(=O)Nc1c(N)cc(Cl)cc1Cl. The molecule has 0 aromatic heterocycles. The van der Waals surface area contributed by atoms with E-state index in [1.165, 1.54) is 0 Å². The highest BCUT2D eigenvalue weighted by molar-refractivity contribution is 7.98. The first-order chi connectivity index (χ1) is 8.93. The van der Waals surface area contributed by atoms with E-state index in [4.69, 9.17) is 28.9 Å². The minimum atomic E-state index is -0.153. The van der Waals surface area contributed by atoms with Gasteiger partial charge in [-0.1, -0.05) is 23.2 Å². The van der Waals surface area contributed by atoms with Crippen molar-refractivity contribution in [2.24, 2.45) is 0 Å². The molecule has 0 bridgehead atoms. The van der Waals surface area contributed by atoms with Gasteiger partial charge in [-0.15, -0.1) is 0 Å². The number of nitrogens with zero attached hydrogens (tertiary/aromatic N) is 1. The van der Waals surface area contributed by atoms with Crippen molar-refractivity contribution in [3.05, 3.63) is 22.2 Å². The van der Waals surface area contributed by atoms with Crippen molar-refractivity contribution < 1.29 is 4.79 Å². The van der Waals surface area contributed by atoms with Gasteiger partial charge in [0.05, 0.1) is 22.9 Å². The zero-order valence-corrected chi connectivity index (χ0v) is 13.2. The summed E-state index contributed by atoms with van der Waals surface area (Å²) in [5.41, 5.74) is 6.55. The molecule has 0 atom stereocenters. The maximum atomic E-state index is 11.9. The normalized spacial score (nSPS) is 10.8. The maximum Gasteiger partial charge on any atom is 0.238 e. The van der Waals surface area contributed by atoms with Gasteiger partial charge in [0.15, 0.2) is 0 Å². The van der Waals surface area contributed by atoms with Crippen molar-refractivity contribution in [2.45, 2.75) is 0 Å². The molecule has 0 fully saturated rings. The van der Waals surface area contributed by atoms with Crippen molar-refractivity contribution in [2.75, 3.05) is 43.2 Å². The standard InChI is InChI=1S/C12H17Cl2N3OS/c1-17(3-4-19-2)7-11(18)16-12-9(14)5-8(13)6-10(12)15/h5-6H,3-4,7,15H2,1-2H3,(H,16,18). The topological polar surface area (TPSA) is 58.4 Å². The van der Waals surface area contributed by atoms with Crippen molar-refractivity contribution >= 4 is 52.2 Å². The van der Waals surface area contributed by atoms with Gasteiger partial charge in [0.25, 0.3) is 0 Å². The number of benzene rings is 1. The molecule has 0 aliphatic rings. The zero-order chi connectivity index (χ0) is 14.4. The minimum absolute atomic E-state index is 0.153. The van der Waals surface area contributed by atoms with Gasteiger partial charge in [-0.05, 0) is 25.4 Å². The number of nitrogens with one attached hydrogen (secondary N) is 1. The van der Waals surface area contributed by atoms with Crippen LogP contribution in [0.5, 0.6) is 0 Å². The highest BCUT2D eigenvalue weighted by Crippen LogP contribution is 2.31. The zero-order valence-electron chi connectivity index (χ0n) is 10.9. The summed E-state index contributed by atoms with van der Waals surface area (Å²) >= 11 is 13.6. The van der Waals surface area contributed by atoms with Crippen LogP contribution in [0.1, 0.15) is 0 Å². The van der Waals surface area contributed by atoms with E-state index in [2.05, 4.69) is 5.32 Å². The first-order valence-corrected chi connectivity index (χ1v) is 7.81. The van der Waals surface area contributed by atoms with E-state index >= 15 is 0 Å². The Labute approximate surface area is 127 Å². The molecule has 0 saturated carbocycles. The molecule has 1 aromatic carbocycles. The second kappa shape index (κ2) is 7.85. The van der Waals surface area contributed by atoms with E-state index < -0.39 is 0 Å². The van der Waals surface area contributed by atoms with Crippen LogP contribution in [-0.4, -0.2) is 43.0 Å². The number of amides is 1. The molecule has 0 heterocycles. The first-order valence-electron chi connectivity index (χ1n) is 5.66. The van der Waals surface area contributed by atoms with Gasteiger partial charge in [0.2, 0.25) is 5.91 Å². The van der Waals surface area contributed by atoms with Crippen LogP contribution < -0.4 is 11.1 Å². The van der Waals surface area contributed by atoms with E-state index in [0.29, 0.717) is 28.0 Å². The van der Waals surface area contributed by atoms with E-state index in [0.717, 1.165) is 12.3 Å². The summed E-state index contributed by atoms with van der Waals surface area (Å²) in [6.45, 7) is 1.14. The first kappa shape index (κ1) is 16.4. The second-order valence-corrected chi connectivity index (χ2v) is 5.96. The summed E-state index contributed by atoms with van der Waals surface area (Å²) < 4.78 is 0. The summed E-state index contributed by atoms with van der Waals surface area (Å²) in [7, 11) is 1.89. The average Bonchev–Trinajstić information content (AvgIpc) is 2.31. The molecule has 19 heavy (non-hydrogen) atoms. The number of carbonyl (C=O) groups is 1. The third kappa shape index (κ3) is 5.48. The van der Waals surface area contributed by atoms with Crippen LogP contribution in [0.15, 0.2) is 12.1 Å². The molecular formula is C12H17Cl2N3OS. The quantitative estimate of drug-likeness (QED) is 0.791. The predicted octanol–water partition coefficient (Wildman–Crippen LogP) is 2.81. The monoisotopic (exact) mass is 321 g/mol. The van der Waals surface area contributed by atoms with Gasteiger partial charge in [0, 0.05) is 17.3 Å². The van der Waals surface area contributed by atoms with Crippen LogP contribution in [0.3, 0.4) is 0 Å². The van der Waals surface area contributed by atoms with Crippen LogP contribution in [0.25, 0.3) is 0 Å². The largest absolute Gasteiger partial charge is 0.397 e. The number of anilines is 2. The van der Waals surface area contributed by atoms with Crippen molar-refractivity contribution in [3.8, 4) is 0 Å². The molecule has 1 rings (SSSR count). The van der Waals surface area contributed by atoms with Gasteiger partial charge < -0.3 is 11.1 Å². The highest BCUT2D eigenvalue weighted by Gasteiger charge is 2.12. The second-order valence-electron chi connectivity index (χ2n) is 4.13. The lowest BCUT2D eigenvalue weighted by atomic mass is 10.2. The Hall–Kier alpha value is -0.620. The van der Waals surface area contributed by atoms with Crippen molar-refractivity contribution in [3.63, 3.8) is 0 Å². The lowest BCUT2D eigenvalue weighted by Gasteiger charge is -2.16. The highest BCUT2D eigenvalue weighted by atomic mass is 35.5. The number of carbonyl (C=O) groups excluding carboxylic acids is 1. The Kier molecular flexibility index (Phi) is 6.79. The van der Waals surface area contributed by atoms with Gasteiger partial charge in [-0.3, -0.25) is 9.69 Å². The molecule has 4 nitrogen and oxygen atoms in total. The average molecular weight is 322 g/mol. The Morgan fingerprint density at radius 1 is 1.47 bits per heavy atom. The molecule has 1 amide bonds. The fourth-order valence-corrected chi connectivity index (χ4v) is 2.53. The van der Waals surface area contributed by atoms with E-state index in [1.54, 1.807) is 23.9 Å². The number of hydrogen-bond acceptors (Lipinski definition) is 4. The minimum Gasteiger partial charge on any atom is -0.397 e. The number of hydrogen-bond donors (Lipinski definition) is 2. The molecule has 1 aromatic rings. The molecule has 0 aliphatic heterocycles. The van der Waals surface area contributed by atoms with Crippen LogP contribution in [-0.2, 0) is 4.79 Å². The molecular weight excluding hydrogens is 305 g/mol. The Bertz CT molecular complexity index is 434. The van der Waals surface area contributed by atoms with Crippen molar-refractivity contribution in [1.29, 1.82) is 0 Å². The van der Waals surface area contributed by atoms with Gasteiger partial charge in [-0.25, -0.2) is 0 Å². The fourth-order valence-electron chi connectivity index (χ4n) is 1.48. The maximum absolute atomic E-state index is 11.9. The molecule has 0 saturated heterocycles.